The van der Waals surface area contributed by atoms with Crippen molar-refractivity contribution in [2.75, 3.05) is 21.3 Å². The highest BCUT2D eigenvalue weighted by Gasteiger charge is 2.57. The molecule has 2 saturated heterocycles. The Labute approximate surface area is 225 Å². The third-order valence-electron chi connectivity index (χ3n) is 6.87. The van der Waals surface area contributed by atoms with E-state index in [1.54, 1.807) is 14.2 Å². The van der Waals surface area contributed by atoms with E-state index in [1.165, 1.54) is 5.57 Å². The molecule has 2 aliphatic heterocycles. The number of allylic oxidation sites excluding steroid dienone is 3. The molecule has 3 unspecified atom stereocenters. The molecular weight excluding hydrogens is 496 g/mol. The molecule has 0 aliphatic carbocycles. The lowest BCUT2D eigenvalue weighted by Gasteiger charge is -2.33. The van der Waals surface area contributed by atoms with Gasteiger partial charge < -0.3 is 30.0 Å². The summed E-state index contributed by atoms with van der Waals surface area (Å²) in [4.78, 5) is 23.8. The average molecular weight is 537 g/mol. The second kappa shape index (κ2) is 14.4. The summed E-state index contributed by atoms with van der Waals surface area (Å²) >= 11 is 6.10. The van der Waals surface area contributed by atoms with Gasteiger partial charge in [-0.1, -0.05) is 48.4 Å². The van der Waals surface area contributed by atoms with Gasteiger partial charge in [-0.15, -0.1) is 0 Å². The fourth-order valence-corrected chi connectivity index (χ4v) is 4.87. The summed E-state index contributed by atoms with van der Waals surface area (Å²) < 4.78 is 16.8. The fraction of sp³-hybridized carbons (Fsp3) is 0.571. The maximum Gasteiger partial charge on any atom is 0.407 e. The first-order valence-electron chi connectivity index (χ1n) is 12.6. The van der Waals surface area contributed by atoms with E-state index in [9.17, 15) is 9.59 Å². The van der Waals surface area contributed by atoms with Crippen LogP contribution in [0.3, 0.4) is 0 Å². The molecule has 3 rings (SSSR count). The SMILES string of the molecule is CNC(=O)CC[C@]1(C)OC1[C@H](C)C1CC(C/C=C/C=C(\C)Cc2ccc(Cl)c(OC)c2)NC(=O)O1.CO. The van der Waals surface area contributed by atoms with Crippen molar-refractivity contribution in [2.45, 2.75) is 76.7 Å². The van der Waals surface area contributed by atoms with Crippen LogP contribution in [0.1, 0.15) is 52.0 Å². The van der Waals surface area contributed by atoms with Crippen molar-refractivity contribution >= 4 is 23.6 Å². The number of benzene rings is 1. The lowest BCUT2D eigenvalue weighted by Crippen LogP contribution is -2.48. The number of carbonyl (C=O) groups is 2. The Bertz CT molecular complexity index is 981. The second-order valence-corrected chi connectivity index (χ2v) is 10.1. The van der Waals surface area contributed by atoms with Crippen LogP contribution < -0.4 is 15.4 Å². The Balaban J connectivity index is 0.00000235. The minimum absolute atomic E-state index is 0.00468. The molecule has 2 aliphatic rings. The van der Waals surface area contributed by atoms with Gasteiger partial charge in [0.1, 0.15) is 11.9 Å². The lowest BCUT2D eigenvalue weighted by molar-refractivity contribution is -0.120. The number of halogens is 1. The predicted molar refractivity (Wildman–Crippen MR) is 145 cm³/mol. The quantitative estimate of drug-likeness (QED) is 0.282. The van der Waals surface area contributed by atoms with Gasteiger partial charge in [-0.3, -0.25) is 4.79 Å². The van der Waals surface area contributed by atoms with Crippen molar-refractivity contribution in [3.63, 3.8) is 0 Å². The number of nitrogens with one attached hydrogen (secondary N) is 2. The van der Waals surface area contributed by atoms with Gasteiger partial charge in [0.2, 0.25) is 5.91 Å². The maximum atomic E-state index is 12.2. The summed E-state index contributed by atoms with van der Waals surface area (Å²) in [6.07, 6.45) is 8.88. The molecule has 1 aromatic carbocycles. The largest absolute Gasteiger partial charge is 0.495 e. The predicted octanol–water partition coefficient (Wildman–Crippen LogP) is 4.58. The number of ether oxygens (including phenoxy) is 3. The number of methoxy groups -OCH3 is 1. The van der Waals surface area contributed by atoms with E-state index in [-0.39, 0.29) is 41.8 Å². The molecule has 1 aromatic rings. The molecule has 0 saturated carbocycles. The number of amides is 2. The Morgan fingerprint density at radius 2 is 2.14 bits per heavy atom. The molecule has 2 amide bonds. The number of epoxide rings is 1. The van der Waals surface area contributed by atoms with E-state index in [4.69, 9.17) is 30.9 Å². The van der Waals surface area contributed by atoms with E-state index < -0.39 is 0 Å². The summed E-state index contributed by atoms with van der Waals surface area (Å²) in [5.41, 5.74) is 2.00. The summed E-state index contributed by atoms with van der Waals surface area (Å²) in [5.74, 6) is 0.737. The summed E-state index contributed by atoms with van der Waals surface area (Å²) in [6, 6.07) is 5.80. The molecule has 5 atom stereocenters. The van der Waals surface area contributed by atoms with Crippen LogP contribution in [0.4, 0.5) is 4.79 Å². The van der Waals surface area contributed by atoms with Crippen LogP contribution in [0.5, 0.6) is 5.75 Å². The first-order chi connectivity index (χ1) is 17.6. The van der Waals surface area contributed by atoms with Crippen molar-refractivity contribution in [1.29, 1.82) is 0 Å². The maximum absolute atomic E-state index is 12.2. The van der Waals surface area contributed by atoms with Crippen LogP contribution in [0, 0.1) is 5.92 Å². The summed E-state index contributed by atoms with van der Waals surface area (Å²) in [7, 11) is 4.25. The minimum Gasteiger partial charge on any atom is -0.495 e. The van der Waals surface area contributed by atoms with Gasteiger partial charge >= 0.3 is 6.09 Å². The number of aliphatic hydroxyl groups is 1. The number of cyclic esters (lactones) is 1. The average Bonchev–Trinajstić information content (AvgIpc) is 3.58. The van der Waals surface area contributed by atoms with Gasteiger partial charge in [-0.2, -0.15) is 0 Å². The smallest absolute Gasteiger partial charge is 0.407 e. The van der Waals surface area contributed by atoms with Gasteiger partial charge in [-0.25, -0.2) is 4.79 Å². The standard InChI is InChI=1S/C27H37ClN2O5.CH4O/c1-17(14-19-10-11-21(28)23(15-19)33-5)8-6-7-9-20-16-22(34-26(32)30-20)18(2)25-27(3,35-25)13-12-24(31)29-4;1-2/h6-8,10-11,15,18,20,22,25H,9,12-14,16H2,1-5H3,(H,29,31)(H,30,32);2H,1H3/b7-6+,17-8+;/t18-,20?,22?,25?,27+;/m1./s1. The highest BCUT2D eigenvalue weighted by atomic mass is 35.5. The zero-order chi connectivity index (χ0) is 27.6. The number of rotatable bonds is 11. The van der Waals surface area contributed by atoms with Crippen molar-refractivity contribution < 1.29 is 28.9 Å². The third kappa shape index (κ3) is 9.05. The molecule has 9 heteroatoms. The third-order valence-corrected chi connectivity index (χ3v) is 7.18. The first kappa shape index (κ1) is 30.7. The fourth-order valence-electron chi connectivity index (χ4n) is 4.68. The van der Waals surface area contributed by atoms with Gasteiger partial charge in [0.15, 0.2) is 0 Å². The zero-order valence-electron chi connectivity index (χ0n) is 22.7. The van der Waals surface area contributed by atoms with Gasteiger partial charge in [0, 0.05) is 39.0 Å². The van der Waals surface area contributed by atoms with E-state index in [2.05, 4.69) is 36.6 Å². The van der Waals surface area contributed by atoms with E-state index in [0.29, 0.717) is 23.6 Å². The normalized spacial score (nSPS) is 25.9. The Hall–Kier alpha value is -2.55. The van der Waals surface area contributed by atoms with E-state index in [1.807, 2.05) is 31.2 Å². The van der Waals surface area contributed by atoms with Gasteiger partial charge in [-0.05, 0) is 50.8 Å². The molecule has 2 fully saturated rings. The molecular formula is C28H41ClN2O6. The van der Waals surface area contributed by atoms with E-state index >= 15 is 0 Å². The van der Waals surface area contributed by atoms with Crippen LogP contribution in [0.2, 0.25) is 5.02 Å². The number of hydrogen-bond acceptors (Lipinski definition) is 6. The molecule has 0 spiro atoms. The molecule has 0 bridgehead atoms. The van der Waals surface area contributed by atoms with Crippen LogP contribution in [-0.4, -0.2) is 62.2 Å². The van der Waals surface area contributed by atoms with E-state index in [0.717, 1.165) is 31.9 Å². The van der Waals surface area contributed by atoms with Crippen LogP contribution in [0.25, 0.3) is 0 Å². The number of aliphatic hydroxyl groups excluding tert-OH is 1. The van der Waals surface area contributed by atoms with Gasteiger partial charge in [0.05, 0.1) is 23.8 Å². The Kier molecular flexibility index (Phi) is 11.9. The van der Waals surface area contributed by atoms with Crippen molar-refractivity contribution in [3.8, 4) is 5.75 Å². The molecule has 0 radical (unpaired) electrons. The molecule has 2 heterocycles. The molecule has 0 aromatic heterocycles. The van der Waals surface area contributed by atoms with Crippen LogP contribution in [-0.2, 0) is 20.7 Å². The number of hydrogen-bond donors (Lipinski definition) is 3. The molecule has 8 nitrogen and oxygen atoms in total. The summed E-state index contributed by atoms with van der Waals surface area (Å²) in [5, 5.41) is 13.2. The monoisotopic (exact) mass is 536 g/mol. The summed E-state index contributed by atoms with van der Waals surface area (Å²) in [6.45, 7) is 6.16. The second-order valence-electron chi connectivity index (χ2n) is 9.73. The van der Waals surface area contributed by atoms with Crippen LogP contribution >= 0.6 is 11.6 Å². The van der Waals surface area contributed by atoms with Crippen LogP contribution in [0.15, 0.2) is 42.0 Å². The highest BCUT2D eigenvalue weighted by Crippen LogP contribution is 2.46. The Morgan fingerprint density at radius 3 is 2.81 bits per heavy atom. The minimum atomic E-state index is -0.386. The van der Waals surface area contributed by atoms with Crippen molar-refractivity contribution in [2.24, 2.45) is 5.92 Å². The topological polar surface area (TPSA) is 109 Å². The lowest BCUT2D eigenvalue weighted by atomic mass is 9.86. The Morgan fingerprint density at radius 1 is 1.41 bits per heavy atom. The number of alkyl carbamates (subject to hydrolysis) is 1. The van der Waals surface area contributed by atoms with Crippen molar-refractivity contribution in [3.05, 3.63) is 52.6 Å². The van der Waals surface area contributed by atoms with Crippen molar-refractivity contribution in [1.82, 2.24) is 10.6 Å². The first-order valence-corrected chi connectivity index (χ1v) is 13.0. The molecule has 3 N–H and O–H groups in total. The number of carbonyl (C=O) groups excluding carboxylic acids is 2. The highest BCUT2D eigenvalue weighted by molar-refractivity contribution is 6.32. The zero-order valence-corrected chi connectivity index (χ0v) is 23.4. The molecule has 37 heavy (non-hydrogen) atoms. The van der Waals surface area contributed by atoms with Gasteiger partial charge in [0.25, 0.3) is 0 Å². The molecule has 206 valence electrons.